The molecule has 0 heterocycles. The summed E-state index contributed by atoms with van der Waals surface area (Å²) in [7, 11) is -1.83. The predicted octanol–water partition coefficient (Wildman–Crippen LogP) is 1.04. The van der Waals surface area contributed by atoms with Crippen LogP contribution in [0.5, 0.6) is 0 Å². The van der Waals surface area contributed by atoms with E-state index in [1.165, 1.54) is 13.8 Å². The Balaban J connectivity index is 3.75. The van der Waals surface area contributed by atoms with E-state index in [-0.39, 0.29) is 13.2 Å². The zero-order chi connectivity index (χ0) is 9.61. The second-order valence-corrected chi connectivity index (χ2v) is 4.10. The molecule has 0 aromatic rings. The first kappa shape index (κ1) is 11.6. The lowest BCUT2D eigenvalue weighted by atomic mass is 10.8. The minimum Gasteiger partial charge on any atom is -0.467 e. The lowest BCUT2D eigenvalue weighted by Crippen LogP contribution is -2.09. The van der Waals surface area contributed by atoms with Crippen LogP contribution in [0, 0.1) is 0 Å². The molecule has 0 N–H and O–H groups in total. The van der Waals surface area contributed by atoms with Gasteiger partial charge in [0.1, 0.15) is 0 Å². The topological polar surface area (TPSA) is 61.8 Å². The average Bonchev–Trinajstić information content (AvgIpc) is 2.00. The Hall–Kier alpha value is -0.380. The monoisotopic (exact) mass is 196 g/mol. The normalized spacial score (nSPS) is 15.2. The van der Waals surface area contributed by atoms with Crippen molar-refractivity contribution < 1.29 is 23.1 Å². The van der Waals surface area contributed by atoms with Crippen molar-refractivity contribution in [3.8, 4) is 0 Å². The number of hydrogen-bond donors (Lipinski definition) is 0. The van der Waals surface area contributed by atoms with Crippen LogP contribution in [0.1, 0.15) is 6.92 Å². The van der Waals surface area contributed by atoms with Crippen molar-refractivity contribution >= 4 is 13.6 Å². The molecule has 0 fully saturated rings. The lowest BCUT2D eigenvalue weighted by Gasteiger charge is -2.11. The number of esters is 1. The first-order valence-corrected chi connectivity index (χ1v) is 5.44. The van der Waals surface area contributed by atoms with Crippen LogP contribution >= 0.6 is 7.60 Å². The largest absolute Gasteiger partial charge is 0.467 e. The number of carbonyl (C=O) groups excluding carboxylic acids is 1. The van der Waals surface area contributed by atoms with Crippen LogP contribution in [-0.4, -0.2) is 33.0 Å². The first-order chi connectivity index (χ1) is 5.52. The lowest BCUT2D eigenvalue weighted by molar-refractivity contribution is -0.143. The van der Waals surface area contributed by atoms with Gasteiger partial charge >= 0.3 is 13.6 Å². The summed E-state index contributed by atoms with van der Waals surface area (Å²) in [6, 6.07) is 0. The van der Waals surface area contributed by atoms with E-state index >= 15 is 0 Å². The third-order valence-electron chi connectivity index (χ3n) is 1.01. The molecule has 0 saturated heterocycles. The van der Waals surface area contributed by atoms with E-state index < -0.39 is 13.6 Å². The number of hydrogen-bond acceptors (Lipinski definition) is 5. The maximum absolute atomic E-state index is 11.2. The second kappa shape index (κ2) is 5.30. The van der Waals surface area contributed by atoms with Gasteiger partial charge in [-0.3, -0.25) is 9.09 Å². The molecule has 5 nitrogen and oxygen atoms in total. The van der Waals surface area contributed by atoms with Crippen molar-refractivity contribution in [3.63, 3.8) is 0 Å². The van der Waals surface area contributed by atoms with Crippen LogP contribution in [-0.2, 0) is 23.1 Å². The highest BCUT2D eigenvalue weighted by Gasteiger charge is 2.17. The van der Waals surface area contributed by atoms with Gasteiger partial charge in [0.15, 0.2) is 6.61 Å². The molecule has 0 aliphatic rings. The molecule has 0 saturated carbocycles. The molecule has 0 amide bonds. The molecule has 12 heavy (non-hydrogen) atoms. The van der Waals surface area contributed by atoms with E-state index in [4.69, 9.17) is 4.52 Å². The summed E-state index contributed by atoms with van der Waals surface area (Å²) in [4.78, 5) is 10.5. The standard InChI is InChI=1S/C6H13O5P/c1-4-10-12(3,8)11-5-6(7)9-2/h4-5H2,1-3H3. The average molecular weight is 196 g/mol. The molecule has 0 rings (SSSR count). The first-order valence-electron chi connectivity index (χ1n) is 3.45. The highest BCUT2D eigenvalue weighted by atomic mass is 31.2. The van der Waals surface area contributed by atoms with Gasteiger partial charge < -0.3 is 9.26 Å². The Morgan fingerprint density at radius 1 is 1.42 bits per heavy atom. The van der Waals surface area contributed by atoms with Gasteiger partial charge in [0.05, 0.1) is 13.7 Å². The maximum Gasteiger partial charge on any atom is 0.332 e. The van der Waals surface area contributed by atoms with Crippen molar-refractivity contribution in [3.05, 3.63) is 0 Å². The smallest absolute Gasteiger partial charge is 0.332 e. The van der Waals surface area contributed by atoms with E-state index in [9.17, 15) is 9.36 Å². The van der Waals surface area contributed by atoms with Gasteiger partial charge in [-0.05, 0) is 6.92 Å². The number of ether oxygens (including phenoxy) is 1. The summed E-state index contributed by atoms with van der Waals surface area (Å²) in [5.41, 5.74) is 0. The molecule has 1 unspecified atom stereocenters. The number of rotatable bonds is 5. The van der Waals surface area contributed by atoms with Gasteiger partial charge in [0.25, 0.3) is 0 Å². The summed E-state index contributed by atoms with van der Waals surface area (Å²) in [6.07, 6.45) is 0. The van der Waals surface area contributed by atoms with Crippen LogP contribution in [0.3, 0.4) is 0 Å². The molecule has 0 aromatic heterocycles. The van der Waals surface area contributed by atoms with Crippen molar-refractivity contribution in [1.82, 2.24) is 0 Å². The van der Waals surface area contributed by atoms with E-state index in [2.05, 4.69) is 9.26 Å². The minimum absolute atomic E-state index is 0.287. The number of carbonyl (C=O) groups is 1. The van der Waals surface area contributed by atoms with Gasteiger partial charge in [0, 0.05) is 6.66 Å². The fourth-order valence-electron chi connectivity index (χ4n) is 0.501. The number of methoxy groups -OCH3 is 1. The minimum atomic E-state index is -3.06. The zero-order valence-electron chi connectivity index (χ0n) is 7.40. The molecule has 0 aromatic carbocycles. The molecular formula is C6H13O5P. The Bertz CT molecular complexity index is 190. The van der Waals surface area contributed by atoms with E-state index in [1.807, 2.05) is 0 Å². The van der Waals surface area contributed by atoms with E-state index in [0.29, 0.717) is 0 Å². The van der Waals surface area contributed by atoms with Crippen LogP contribution in [0.15, 0.2) is 0 Å². The maximum atomic E-state index is 11.2. The summed E-state index contributed by atoms with van der Waals surface area (Å²) in [5, 5.41) is 0. The molecule has 0 spiro atoms. The summed E-state index contributed by atoms with van der Waals surface area (Å²) in [6.45, 7) is 2.94. The molecule has 6 heteroatoms. The predicted molar refractivity (Wildman–Crippen MR) is 43.1 cm³/mol. The molecule has 1 atom stereocenters. The van der Waals surface area contributed by atoms with Crippen LogP contribution < -0.4 is 0 Å². The van der Waals surface area contributed by atoms with Gasteiger partial charge in [-0.2, -0.15) is 0 Å². The van der Waals surface area contributed by atoms with Gasteiger partial charge in [0.2, 0.25) is 0 Å². The molecule has 0 aliphatic carbocycles. The summed E-state index contributed by atoms with van der Waals surface area (Å²) < 4.78 is 24.9. The second-order valence-electron chi connectivity index (χ2n) is 2.04. The van der Waals surface area contributed by atoms with Crippen LogP contribution in [0.25, 0.3) is 0 Å². The summed E-state index contributed by atoms with van der Waals surface area (Å²) >= 11 is 0. The van der Waals surface area contributed by atoms with E-state index in [0.717, 1.165) is 0 Å². The van der Waals surface area contributed by atoms with Crippen molar-refractivity contribution in [2.24, 2.45) is 0 Å². The van der Waals surface area contributed by atoms with Crippen LogP contribution in [0.2, 0.25) is 0 Å². The molecule has 0 aliphatic heterocycles. The Morgan fingerprint density at radius 3 is 2.42 bits per heavy atom. The fourth-order valence-corrected chi connectivity index (χ4v) is 1.38. The highest BCUT2D eigenvalue weighted by Crippen LogP contribution is 2.43. The molecule has 72 valence electrons. The fraction of sp³-hybridized carbons (Fsp3) is 0.833. The third-order valence-corrected chi connectivity index (χ3v) is 2.33. The summed E-state index contributed by atoms with van der Waals surface area (Å²) in [5.74, 6) is -0.572. The molecule has 0 radical (unpaired) electrons. The Labute approximate surface area is 71.5 Å². The molecule has 0 bridgehead atoms. The third kappa shape index (κ3) is 5.29. The van der Waals surface area contributed by atoms with Crippen LogP contribution in [0.4, 0.5) is 0 Å². The molecular weight excluding hydrogens is 183 g/mol. The quantitative estimate of drug-likeness (QED) is 0.485. The Kier molecular flexibility index (Phi) is 5.13. The van der Waals surface area contributed by atoms with Gasteiger partial charge in [-0.1, -0.05) is 0 Å². The zero-order valence-corrected chi connectivity index (χ0v) is 8.30. The van der Waals surface area contributed by atoms with E-state index in [1.54, 1.807) is 6.92 Å². The van der Waals surface area contributed by atoms with Crippen molar-refractivity contribution in [1.29, 1.82) is 0 Å². The van der Waals surface area contributed by atoms with Gasteiger partial charge in [-0.15, -0.1) is 0 Å². The SMILES string of the molecule is CCOP(C)(=O)OCC(=O)OC. The van der Waals surface area contributed by atoms with Gasteiger partial charge in [-0.25, -0.2) is 4.79 Å². The van der Waals surface area contributed by atoms with Crippen molar-refractivity contribution in [2.45, 2.75) is 6.92 Å². The van der Waals surface area contributed by atoms with Crippen molar-refractivity contribution in [2.75, 3.05) is 27.0 Å². The highest BCUT2D eigenvalue weighted by molar-refractivity contribution is 7.53. The Morgan fingerprint density at radius 2 is 2.00 bits per heavy atom.